The molecule has 4 rings (SSSR count). The molecular formula is C26H32N4O3. The van der Waals surface area contributed by atoms with Crippen molar-refractivity contribution in [2.75, 3.05) is 40.0 Å². The number of carbonyl (C=O) groups is 1. The smallest absolute Gasteiger partial charge is 0.255 e. The quantitative estimate of drug-likeness (QED) is 0.570. The molecule has 2 heterocycles. The standard InChI is InChI=1S/C26H32N4O3/c1-19(2)23(29-13-15-33-16-14-29)17-27-26(31)22-18-30(20-9-5-4-6-10-20)28-25(22)21-11-7-8-12-24(21)32-3/h4-12,18-19,23H,13-17H2,1-3H3,(H,27,31). The van der Waals surface area contributed by atoms with E-state index in [-0.39, 0.29) is 11.9 Å². The minimum Gasteiger partial charge on any atom is -0.496 e. The Morgan fingerprint density at radius 1 is 1.09 bits per heavy atom. The third-order valence-electron chi connectivity index (χ3n) is 6.10. The van der Waals surface area contributed by atoms with Gasteiger partial charge >= 0.3 is 0 Å². The molecule has 0 spiro atoms. The van der Waals surface area contributed by atoms with Crippen LogP contribution in [-0.4, -0.2) is 66.6 Å². The van der Waals surface area contributed by atoms with Gasteiger partial charge in [0.05, 0.1) is 31.6 Å². The first-order chi connectivity index (χ1) is 16.1. The van der Waals surface area contributed by atoms with Crippen LogP contribution < -0.4 is 10.1 Å². The first-order valence-electron chi connectivity index (χ1n) is 11.5. The molecule has 1 N–H and O–H groups in total. The molecule has 0 radical (unpaired) electrons. The number of amides is 1. The lowest BCUT2D eigenvalue weighted by Gasteiger charge is -2.36. The van der Waals surface area contributed by atoms with E-state index in [1.165, 1.54) is 0 Å². The SMILES string of the molecule is COc1ccccc1-c1nn(-c2ccccc2)cc1C(=O)NCC(C(C)C)N1CCOCC1. The maximum atomic E-state index is 13.4. The molecule has 7 heteroatoms. The summed E-state index contributed by atoms with van der Waals surface area (Å²) in [7, 11) is 1.63. The van der Waals surface area contributed by atoms with E-state index in [4.69, 9.17) is 14.6 Å². The van der Waals surface area contributed by atoms with Crippen molar-refractivity contribution in [2.24, 2.45) is 5.92 Å². The largest absolute Gasteiger partial charge is 0.496 e. The van der Waals surface area contributed by atoms with Gasteiger partial charge in [-0.3, -0.25) is 9.69 Å². The lowest BCUT2D eigenvalue weighted by atomic mass is 10.0. The van der Waals surface area contributed by atoms with Gasteiger partial charge in [-0.25, -0.2) is 4.68 Å². The first-order valence-corrected chi connectivity index (χ1v) is 11.5. The van der Waals surface area contributed by atoms with Gasteiger partial charge in [-0.15, -0.1) is 0 Å². The molecule has 3 aromatic rings. The van der Waals surface area contributed by atoms with Gasteiger partial charge in [0.15, 0.2) is 0 Å². The summed E-state index contributed by atoms with van der Waals surface area (Å²) in [6.45, 7) is 8.20. The number of benzene rings is 2. The Morgan fingerprint density at radius 2 is 1.79 bits per heavy atom. The molecule has 1 unspecified atom stereocenters. The Balaban J connectivity index is 1.63. The number of methoxy groups -OCH3 is 1. The van der Waals surface area contributed by atoms with Crippen molar-refractivity contribution in [1.29, 1.82) is 0 Å². The first kappa shape index (κ1) is 23.0. The number of nitrogens with zero attached hydrogens (tertiary/aromatic N) is 3. The fraction of sp³-hybridized carbons (Fsp3) is 0.385. The number of rotatable bonds is 8. The van der Waals surface area contributed by atoms with Crippen LogP contribution in [0, 0.1) is 5.92 Å². The van der Waals surface area contributed by atoms with Crippen molar-refractivity contribution in [2.45, 2.75) is 19.9 Å². The van der Waals surface area contributed by atoms with E-state index in [0.717, 1.165) is 37.6 Å². The summed E-state index contributed by atoms with van der Waals surface area (Å²) in [4.78, 5) is 15.9. The Bertz CT molecular complexity index is 1060. The molecule has 1 aromatic heterocycles. The zero-order valence-electron chi connectivity index (χ0n) is 19.5. The van der Waals surface area contributed by atoms with Crippen LogP contribution in [0.25, 0.3) is 16.9 Å². The van der Waals surface area contributed by atoms with E-state index in [1.54, 1.807) is 18.0 Å². The molecule has 174 valence electrons. The average Bonchev–Trinajstić information content (AvgIpc) is 3.30. The Morgan fingerprint density at radius 3 is 2.48 bits per heavy atom. The highest BCUT2D eigenvalue weighted by atomic mass is 16.5. The highest BCUT2D eigenvalue weighted by molar-refractivity contribution is 6.00. The van der Waals surface area contributed by atoms with E-state index in [1.807, 2.05) is 54.6 Å². The van der Waals surface area contributed by atoms with Crippen molar-refractivity contribution in [3.8, 4) is 22.7 Å². The van der Waals surface area contributed by atoms with E-state index < -0.39 is 0 Å². The number of ether oxygens (including phenoxy) is 2. The zero-order valence-corrected chi connectivity index (χ0v) is 19.5. The highest BCUT2D eigenvalue weighted by Crippen LogP contribution is 2.31. The van der Waals surface area contributed by atoms with Crippen LogP contribution in [0.5, 0.6) is 5.75 Å². The Kier molecular flexibility index (Phi) is 7.42. The molecule has 1 atom stereocenters. The summed E-state index contributed by atoms with van der Waals surface area (Å²) in [5.74, 6) is 0.944. The van der Waals surface area contributed by atoms with Crippen molar-refractivity contribution in [3.05, 3.63) is 66.4 Å². The number of hydrogen-bond acceptors (Lipinski definition) is 5. The van der Waals surface area contributed by atoms with Crippen molar-refractivity contribution < 1.29 is 14.3 Å². The Hall–Kier alpha value is -3.16. The summed E-state index contributed by atoms with van der Waals surface area (Å²) in [6.07, 6.45) is 1.80. The van der Waals surface area contributed by atoms with Gasteiger partial charge in [0.25, 0.3) is 5.91 Å². The lowest BCUT2D eigenvalue weighted by Crippen LogP contribution is -2.51. The summed E-state index contributed by atoms with van der Waals surface area (Å²) in [5, 5.41) is 7.96. The minimum absolute atomic E-state index is 0.142. The molecular weight excluding hydrogens is 416 g/mol. The molecule has 1 aliphatic rings. The molecule has 1 amide bonds. The molecule has 7 nitrogen and oxygen atoms in total. The fourth-order valence-corrected chi connectivity index (χ4v) is 4.28. The summed E-state index contributed by atoms with van der Waals surface area (Å²) < 4.78 is 12.8. The number of nitrogens with one attached hydrogen (secondary N) is 1. The van der Waals surface area contributed by atoms with E-state index in [2.05, 4.69) is 24.1 Å². The normalized spacial score (nSPS) is 15.4. The third-order valence-corrected chi connectivity index (χ3v) is 6.10. The van der Waals surface area contributed by atoms with Gasteiger partial charge in [-0.2, -0.15) is 5.10 Å². The van der Waals surface area contributed by atoms with Crippen LogP contribution >= 0.6 is 0 Å². The predicted octanol–water partition coefficient (Wildman–Crippen LogP) is 3.63. The molecule has 33 heavy (non-hydrogen) atoms. The van der Waals surface area contributed by atoms with Crippen LogP contribution in [-0.2, 0) is 4.74 Å². The van der Waals surface area contributed by atoms with Crippen molar-refractivity contribution >= 4 is 5.91 Å². The third kappa shape index (κ3) is 5.26. The lowest BCUT2D eigenvalue weighted by molar-refractivity contribution is 0.00673. The number of para-hydroxylation sites is 2. The predicted molar refractivity (Wildman–Crippen MR) is 129 cm³/mol. The number of aromatic nitrogens is 2. The van der Waals surface area contributed by atoms with Gasteiger partial charge < -0.3 is 14.8 Å². The van der Waals surface area contributed by atoms with E-state index in [0.29, 0.717) is 29.5 Å². The monoisotopic (exact) mass is 448 g/mol. The maximum absolute atomic E-state index is 13.4. The van der Waals surface area contributed by atoms with E-state index in [9.17, 15) is 4.79 Å². The van der Waals surface area contributed by atoms with Gasteiger partial charge in [0.1, 0.15) is 11.4 Å². The molecule has 0 saturated carbocycles. The minimum atomic E-state index is -0.142. The van der Waals surface area contributed by atoms with Gasteiger partial charge in [-0.05, 0) is 30.2 Å². The summed E-state index contributed by atoms with van der Waals surface area (Å²) in [6, 6.07) is 17.7. The van der Waals surface area contributed by atoms with Crippen LogP contribution in [0.2, 0.25) is 0 Å². The van der Waals surface area contributed by atoms with Crippen LogP contribution in [0.4, 0.5) is 0 Å². The average molecular weight is 449 g/mol. The maximum Gasteiger partial charge on any atom is 0.255 e. The van der Waals surface area contributed by atoms with Crippen molar-refractivity contribution in [3.63, 3.8) is 0 Å². The molecule has 0 aliphatic carbocycles. The summed E-state index contributed by atoms with van der Waals surface area (Å²) in [5.41, 5.74) is 2.80. The molecule has 0 bridgehead atoms. The van der Waals surface area contributed by atoms with Crippen LogP contribution in [0.3, 0.4) is 0 Å². The second-order valence-corrected chi connectivity index (χ2v) is 8.54. The number of carbonyl (C=O) groups excluding carboxylic acids is 1. The van der Waals surface area contributed by atoms with E-state index >= 15 is 0 Å². The molecule has 1 saturated heterocycles. The van der Waals surface area contributed by atoms with Gasteiger partial charge in [0, 0.05) is 37.4 Å². The Labute approximate surface area is 195 Å². The number of hydrogen-bond donors (Lipinski definition) is 1. The molecule has 2 aromatic carbocycles. The second-order valence-electron chi connectivity index (χ2n) is 8.54. The van der Waals surface area contributed by atoms with Crippen LogP contribution in [0.1, 0.15) is 24.2 Å². The fourth-order valence-electron chi connectivity index (χ4n) is 4.28. The second kappa shape index (κ2) is 10.6. The van der Waals surface area contributed by atoms with Gasteiger partial charge in [-0.1, -0.05) is 44.2 Å². The van der Waals surface area contributed by atoms with Gasteiger partial charge in [0.2, 0.25) is 0 Å². The van der Waals surface area contributed by atoms with Crippen LogP contribution in [0.15, 0.2) is 60.8 Å². The highest BCUT2D eigenvalue weighted by Gasteiger charge is 2.26. The molecule has 1 aliphatic heterocycles. The molecule has 1 fully saturated rings. The summed E-state index contributed by atoms with van der Waals surface area (Å²) >= 11 is 0. The number of morpholine rings is 1. The topological polar surface area (TPSA) is 68.6 Å². The van der Waals surface area contributed by atoms with Crippen molar-refractivity contribution in [1.82, 2.24) is 20.0 Å². The zero-order chi connectivity index (χ0) is 23.2.